The Labute approximate surface area is 161 Å². The van der Waals surface area contributed by atoms with E-state index in [1.54, 1.807) is 43.5 Å². The van der Waals surface area contributed by atoms with Crippen LogP contribution in [0, 0.1) is 5.82 Å². The fourth-order valence-electron chi connectivity index (χ4n) is 2.45. The van der Waals surface area contributed by atoms with Crippen LogP contribution in [0.1, 0.15) is 26.4 Å². The minimum atomic E-state index is -0.432. The number of ether oxygens (including phenoxy) is 1. The highest BCUT2D eigenvalue weighted by molar-refractivity contribution is 6.04. The molecular weight excluding hydrogens is 361 g/mol. The zero-order chi connectivity index (χ0) is 19.9. The lowest BCUT2D eigenvalue weighted by Crippen LogP contribution is -2.23. The Kier molecular flexibility index (Phi) is 5.96. The molecule has 7 heteroatoms. The van der Waals surface area contributed by atoms with Crippen molar-refractivity contribution in [2.24, 2.45) is 0 Å². The number of nitrogens with zero attached hydrogens (tertiary/aromatic N) is 1. The number of rotatable bonds is 6. The Balaban J connectivity index is 1.64. The topological polar surface area (TPSA) is 80.3 Å². The number of methoxy groups -OCH3 is 1. The van der Waals surface area contributed by atoms with Crippen molar-refractivity contribution in [3.05, 3.63) is 89.5 Å². The van der Waals surface area contributed by atoms with Gasteiger partial charge in [0.25, 0.3) is 11.8 Å². The molecular formula is C21H18FN3O3. The second-order valence-electron chi connectivity index (χ2n) is 5.92. The van der Waals surface area contributed by atoms with Crippen LogP contribution in [0.5, 0.6) is 5.75 Å². The van der Waals surface area contributed by atoms with E-state index < -0.39 is 5.91 Å². The van der Waals surface area contributed by atoms with E-state index in [4.69, 9.17) is 4.74 Å². The summed E-state index contributed by atoms with van der Waals surface area (Å²) in [5.41, 5.74) is 1.77. The largest absolute Gasteiger partial charge is 0.497 e. The SMILES string of the molecule is COc1ccc(NC(=O)c2cc(C(=O)NCc3ccc(F)cc3)ccn2)cc1. The van der Waals surface area contributed by atoms with Crippen molar-refractivity contribution in [1.29, 1.82) is 0 Å². The van der Waals surface area contributed by atoms with Crippen LogP contribution in [-0.2, 0) is 6.54 Å². The van der Waals surface area contributed by atoms with Gasteiger partial charge in [-0.2, -0.15) is 0 Å². The Morgan fingerprint density at radius 1 is 1.00 bits per heavy atom. The van der Waals surface area contributed by atoms with Gasteiger partial charge in [0, 0.05) is 24.0 Å². The summed E-state index contributed by atoms with van der Waals surface area (Å²) in [5.74, 6) is -0.448. The molecule has 2 N–H and O–H groups in total. The van der Waals surface area contributed by atoms with E-state index in [0.717, 1.165) is 5.56 Å². The number of halogens is 1. The monoisotopic (exact) mass is 379 g/mol. The van der Waals surface area contributed by atoms with Crippen molar-refractivity contribution in [1.82, 2.24) is 10.3 Å². The summed E-state index contributed by atoms with van der Waals surface area (Å²) >= 11 is 0. The third-order valence-electron chi connectivity index (χ3n) is 3.97. The molecule has 0 atom stereocenters. The quantitative estimate of drug-likeness (QED) is 0.688. The number of anilines is 1. The third-order valence-corrected chi connectivity index (χ3v) is 3.97. The Morgan fingerprint density at radius 3 is 2.39 bits per heavy atom. The van der Waals surface area contributed by atoms with Gasteiger partial charge in [-0.05, 0) is 54.1 Å². The van der Waals surface area contributed by atoms with Gasteiger partial charge in [-0.25, -0.2) is 4.39 Å². The first-order chi connectivity index (χ1) is 13.5. The van der Waals surface area contributed by atoms with Gasteiger partial charge < -0.3 is 15.4 Å². The molecule has 0 aliphatic carbocycles. The minimum Gasteiger partial charge on any atom is -0.497 e. The molecule has 0 saturated heterocycles. The summed E-state index contributed by atoms with van der Waals surface area (Å²) in [6.07, 6.45) is 1.40. The van der Waals surface area contributed by atoms with Gasteiger partial charge in [-0.1, -0.05) is 12.1 Å². The van der Waals surface area contributed by atoms with E-state index in [1.165, 1.54) is 30.5 Å². The summed E-state index contributed by atoms with van der Waals surface area (Å²) in [4.78, 5) is 28.7. The van der Waals surface area contributed by atoms with E-state index in [1.807, 2.05) is 0 Å². The first-order valence-corrected chi connectivity index (χ1v) is 8.49. The van der Waals surface area contributed by atoms with Gasteiger partial charge in [-0.15, -0.1) is 0 Å². The standard InChI is InChI=1S/C21H18FN3O3/c1-28-18-8-6-17(7-9-18)25-21(27)19-12-15(10-11-23-19)20(26)24-13-14-2-4-16(22)5-3-14/h2-12H,13H2,1H3,(H,24,26)(H,25,27). The maximum absolute atomic E-state index is 12.9. The molecule has 2 amide bonds. The van der Waals surface area contributed by atoms with E-state index in [2.05, 4.69) is 15.6 Å². The van der Waals surface area contributed by atoms with Gasteiger partial charge >= 0.3 is 0 Å². The maximum Gasteiger partial charge on any atom is 0.274 e. The molecule has 3 rings (SSSR count). The number of benzene rings is 2. The average Bonchev–Trinajstić information content (AvgIpc) is 2.73. The van der Waals surface area contributed by atoms with Crippen LogP contribution in [0.3, 0.4) is 0 Å². The predicted molar refractivity (Wildman–Crippen MR) is 103 cm³/mol. The van der Waals surface area contributed by atoms with Crippen LogP contribution in [0.15, 0.2) is 66.9 Å². The molecule has 0 spiro atoms. The number of nitrogens with one attached hydrogen (secondary N) is 2. The van der Waals surface area contributed by atoms with Crippen molar-refractivity contribution in [2.45, 2.75) is 6.54 Å². The second-order valence-corrected chi connectivity index (χ2v) is 5.92. The van der Waals surface area contributed by atoms with Gasteiger partial charge in [-0.3, -0.25) is 14.6 Å². The molecule has 0 unspecified atom stereocenters. The van der Waals surface area contributed by atoms with Crippen LogP contribution in [0.25, 0.3) is 0 Å². The molecule has 3 aromatic rings. The highest BCUT2D eigenvalue weighted by Crippen LogP contribution is 2.16. The smallest absolute Gasteiger partial charge is 0.274 e. The van der Waals surface area contributed by atoms with Crippen molar-refractivity contribution < 1.29 is 18.7 Å². The van der Waals surface area contributed by atoms with E-state index in [-0.39, 0.29) is 24.0 Å². The number of hydrogen-bond donors (Lipinski definition) is 2. The van der Waals surface area contributed by atoms with Gasteiger partial charge in [0.2, 0.25) is 0 Å². The van der Waals surface area contributed by atoms with Crippen LogP contribution >= 0.6 is 0 Å². The predicted octanol–water partition coefficient (Wildman–Crippen LogP) is 3.41. The number of carbonyl (C=O) groups excluding carboxylic acids is 2. The van der Waals surface area contributed by atoms with Crippen molar-refractivity contribution in [3.8, 4) is 5.75 Å². The van der Waals surface area contributed by atoms with Crippen LogP contribution in [-0.4, -0.2) is 23.9 Å². The minimum absolute atomic E-state index is 0.116. The zero-order valence-corrected chi connectivity index (χ0v) is 15.1. The van der Waals surface area contributed by atoms with Gasteiger partial charge in [0.05, 0.1) is 7.11 Å². The molecule has 1 aromatic heterocycles. The third kappa shape index (κ3) is 4.91. The highest BCUT2D eigenvalue weighted by Gasteiger charge is 2.12. The molecule has 0 aliphatic heterocycles. The average molecular weight is 379 g/mol. The summed E-state index contributed by atoms with van der Waals surface area (Å²) in [7, 11) is 1.56. The zero-order valence-electron chi connectivity index (χ0n) is 15.1. The number of hydrogen-bond acceptors (Lipinski definition) is 4. The normalized spacial score (nSPS) is 10.2. The van der Waals surface area contributed by atoms with E-state index in [0.29, 0.717) is 17.0 Å². The molecule has 28 heavy (non-hydrogen) atoms. The first-order valence-electron chi connectivity index (χ1n) is 8.49. The number of pyridine rings is 1. The van der Waals surface area contributed by atoms with Gasteiger partial charge in [0.1, 0.15) is 17.3 Å². The van der Waals surface area contributed by atoms with Crippen molar-refractivity contribution in [3.63, 3.8) is 0 Å². The number of carbonyl (C=O) groups is 2. The summed E-state index contributed by atoms with van der Waals surface area (Å²) in [6.45, 7) is 0.245. The van der Waals surface area contributed by atoms with E-state index in [9.17, 15) is 14.0 Å². The lowest BCUT2D eigenvalue weighted by Gasteiger charge is -2.08. The van der Waals surface area contributed by atoms with E-state index >= 15 is 0 Å². The molecule has 0 aliphatic rings. The molecule has 0 bridgehead atoms. The van der Waals surface area contributed by atoms with Crippen molar-refractivity contribution in [2.75, 3.05) is 12.4 Å². The maximum atomic E-state index is 12.9. The highest BCUT2D eigenvalue weighted by atomic mass is 19.1. The van der Waals surface area contributed by atoms with Crippen LogP contribution < -0.4 is 15.4 Å². The number of aromatic nitrogens is 1. The first kappa shape index (κ1) is 19.0. The molecule has 1 heterocycles. The molecule has 6 nitrogen and oxygen atoms in total. The Morgan fingerprint density at radius 2 is 1.71 bits per heavy atom. The molecule has 0 fully saturated rings. The fourth-order valence-corrected chi connectivity index (χ4v) is 2.45. The second kappa shape index (κ2) is 8.77. The number of amides is 2. The van der Waals surface area contributed by atoms with Crippen LogP contribution in [0.2, 0.25) is 0 Å². The lowest BCUT2D eigenvalue weighted by atomic mass is 10.2. The fraction of sp³-hybridized carbons (Fsp3) is 0.0952. The summed E-state index contributed by atoms with van der Waals surface area (Å²) in [5, 5.41) is 5.44. The Hall–Kier alpha value is -3.74. The lowest BCUT2D eigenvalue weighted by molar-refractivity contribution is 0.0951. The molecule has 0 saturated carbocycles. The summed E-state index contributed by atoms with van der Waals surface area (Å²) in [6, 6.07) is 15.6. The molecule has 0 radical (unpaired) electrons. The molecule has 2 aromatic carbocycles. The van der Waals surface area contributed by atoms with Crippen molar-refractivity contribution >= 4 is 17.5 Å². The summed E-state index contributed by atoms with van der Waals surface area (Å²) < 4.78 is 18.0. The van der Waals surface area contributed by atoms with Gasteiger partial charge in [0.15, 0.2) is 0 Å². The molecule has 142 valence electrons. The van der Waals surface area contributed by atoms with Crippen LogP contribution in [0.4, 0.5) is 10.1 Å². The Bertz CT molecular complexity index is 973.